The van der Waals surface area contributed by atoms with Gasteiger partial charge in [-0.05, 0) is 50.7 Å². The van der Waals surface area contributed by atoms with Gasteiger partial charge in [-0.1, -0.05) is 24.3 Å². The van der Waals surface area contributed by atoms with Crippen LogP contribution in [0.25, 0.3) is 5.57 Å². The molecule has 2 aromatic carbocycles. The maximum absolute atomic E-state index is 13.7. The second kappa shape index (κ2) is 9.44. The van der Waals surface area contributed by atoms with Crippen LogP contribution in [-0.4, -0.2) is 68.1 Å². The van der Waals surface area contributed by atoms with Crippen LogP contribution in [0.3, 0.4) is 0 Å². The maximum Gasteiger partial charge on any atom is 0.282 e. The molecule has 2 amide bonds. The van der Waals surface area contributed by atoms with Crippen molar-refractivity contribution < 1.29 is 19.1 Å². The van der Waals surface area contributed by atoms with Gasteiger partial charge in [0.2, 0.25) is 0 Å². The Morgan fingerprint density at radius 2 is 1.47 bits per heavy atom. The summed E-state index contributed by atoms with van der Waals surface area (Å²) in [5.74, 6) is 0.603. The average Bonchev–Trinajstić information content (AvgIpc) is 3.06. The summed E-state index contributed by atoms with van der Waals surface area (Å²) in [6.45, 7) is 7.84. The van der Waals surface area contributed by atoms with Gasteiger partial charge in [0.05, 0.1) is 24.5 Å². The minimum atomic E-state index is -0.333. The van der Waals surface area contributed by atoms with E-state index in [0.29, 0.717) is 54.6 Å². The number of nitrogens with zero attached hydrogens (tertiary/aromatic N) is 3. The number of carbonyl (C=O) groups is 2. The molecule has 0 bridgehead atoms. The SMILES string of the molecule is CCOc1ccc(C2=C(N3CCN(C)CC3)C(=O)N(c3ccccc3OCC)C2=O)cc1. The van der Waals surface area contributed by atoms with Crippen LogP contribution in [-0.2, 0) is 9.59 Å². The second-order valence-electron chi connectivity index (χ2n) is 7.82. The van der Waals surface area contributed by atoms with E-state index in [1.165, 1.54) is 4.90 Å². The average molecular weight is 436 g/mol. The summed E-state index contributed by atoms with van der Waals surface area (Å²) in [7, 11) is 2.06. The summed E-state index contributed by atoms with van der Waals surface area (Å²) < 4.78 is 11.3. The van der Waals surface area contributed by atoms with Crippen LogP contribution < -0.4 is 14.4 Å². The Morgan fingerprint density at radius 3 is 2.12 bits per heavy atom. The smallest absolute Gasteiger partial charge is 0.282 e. The summed E-state index contributed by atoms with van der Waals surface area (Å²) in [6.07, 6.45) is 0. The number of imide groups is 1. The van der Waals surface area contributed by atoms with Crippen LogP contribution in [0.15, 0.2) is 54.2 Å². The van der Waals surface area contributed by atoms with Crippen LogP contribution in [0.1, 0.15) is 19.4 Å². The third kappa shape index (κ3) is 4.08. The van der Waals surface area contributed by atoms with Gasteiger partial charge < -0.3 is 19.3 Å². The van der Waals surface area contributed by atoms with Crippen LogP contribution in [0.2, 0.25) is 0 Å². The maximum atomic E-state index is 13.7. The Balaban J connectivity index is 1.78. The fourth-order valence-electron chi connectivity index (χ4n) is 4.12. The lowest BCUT2D eigenvalue weighted by molar-refractivity contribution is -0.120. The molecule has 0 spiro atoms. The fraction of sp³-hybridized carbons (Fsp3) is 0.360. The van der Waals surface area contributed by atoms with Crippen molar-refractivity contribution in [2.75, 3.05) is 51.3 Å². The number of amides is 2. The number of likely N-dealkylation sites (N-methyl/N-ethyl adjacent to an activating group) is 1. The molecule has 7 heteroatoms. The monoisotopic (exact) mass is 435 g/mol. The van der Waals surface area contributed by atoms with E-state index in [1.807, 2.05) is 55.1 Å². The van der Waals surface area contributed by atoms with Crippen LogP contribution >= 0.6 is 0 Å². The number of piperazine rings is 1. The van der Waals surface area contributed by atoms with Gasteiger partial charge in [0.1, 0.15) is 17.2 Å². The summed E-state index contributed by atoms with van der Waals surface area (Å²) in [6, 6.07) is 14.5. The summed E-state index contributed by atoms with van der Waals surface area (Å²) in [5, 5.41) is 0. The zero-order valence-corrected chi connectivity index (χ0v) is 18.8. The predicted octanol–water partition coefficient (Wildman–Crippen LogP) is 3.02. The van der Waals surface area contributed by atoms with Crippen molar-refractivity contribution in [1.29, 1.82) is 0 Å². The van der Waals surface area contributed by atoms with Crippen molar-refractivity contribution in [2.24, 2.45) is 0 Å². The second-order valence-corrected chi connectivity index (χ2v) is 7.82. The Bertz CT molecular complexity index is 1020. The van der Waals surface area contributed by atoms with Gasteiger partial charge in [0, 0.05) is 26.2 Å². The van der Waals surface area contributed by atoms with E-state index in [9.17, 15) is 9.59 Å². The first-order valence-electron chi connectivity index (χ1n) is 11.1. The Kier molecular flexibility index (Phi) is 6.46. The molecule has 4 rings (SSSR count). The Morgan fingerprint density at radius 1 is 0.812 bits per heavy atom. The van der Waals surface area contributed by atoms with Crippen molar-refractivity contribution in [2.45, 2.75) is 13.8 Å². The highest BCUT2D eigenvalue weighted by atomic mass is 16.5. The van der Waals surface area contributed by atoms with E-state index >= 15 is 0 Å². The van der Waals surface area contributed by atoms with Gasteiger partial charge in [-0.25, -0.2) is 4.90 Å². The number of hydrogen-bond donors (Lipinski definition) is 0. The first-order chi connectivity index (χ1) is 15.5. The largest absolute Gasteiger partial charge is 0.494 e. The Hall–Kier alpha value is -3.32. The molecule has 0 aliphatic carbocycles. The molecule has 0 radical (unpaired) electrons. The van der Waals surface area contributed by atoms with E-state index in [-0.39, 0.29) is 11.8 Å². The molecule has 1 fully saturated rings. The lowest BCUT2D eigenvalue weighted by Crippen LogP contribution is -2.46. The van der Waals surface area contributed by atoms with E-state index < -0.39 is 0 Å². The molecule has 0 saturated carbocycles. The molecule has 2 aliphatic rings. The molecule has 168 valence electrons. The zero-order valence-electron chi connectivity index (χ0n) is 18.8. The molecule has 2 heterocycles. The van der Waals surface area contributed by atoms with Gasteiger partial charge in [0.25, 0.3) is 11.8 Å². The molecule has 32 heavy (non-hydrogen) atoms. The first-order valence-corrected chi connectivity index (χ1v) is 11.1. The molecule has 2 aromatic rings. The fourth-order valence-corrected chi connectivity index (χ4v) is 4.12. The van der Waals surface area contributed by atoms with E-state index in [4.69, 9.17) is 9.47 Å². The number of carbonyl (C=O) groups excluding carboxylic acids is 2. The molecule has 0 aromatic heterocycles. The highest BCUT2D eigenvalue weighted by Gasteiger charge is 2.43. The van der Waals surface area contributed by atoms with Gasteiger partial charge in [-0.2, -0.15) is 0 Å². The lowest BCUT2D eigenvalue weighted by Gasteiger charge is -2.34. The van der Waals surface area contributed by atoms with Gasteiger partial charge in [-0.15, -0.1) is 0 Å². The summed E-state index contributed by atoms with van der Waals surface area (Å²) in [5.41, 5.74) is 2.06. The van der Waals surface area contributed by atoms with E-state index in [1.54, 1.807) is 12.1 Å². The lowest BCUT2D eigenvalue weighted by atomic mass is 10.0. The summed E-state index contributed by atoms with van der Waals surface area (Å²) >= 11 is 0. The van der Waals surface area contributed by atoms with Crippen molar-refractivity contribution in [3.8, 4) is 11.5 Å². The number of hydrogen-bond acceptors (Lipinski definition) is 6. The minimum Gasteiger partial charge on any atom is -0.494 e. The summed E-state index contributed by atoms with van der Waals surface area (Å²) in [4.78, 5) is 33.0. The van der Waals surface area contributed by atoms with Crippen molar-refractivity contribution >= 4 is 23.1 Å². The molecule has 2 aliphatic heterocycles. The molecule has 0 N–H and O–H groups in total. The molecular formula is C25H29N3O4. The van der Waals surface area contributed by atoms with Crippen molar-refractivity contribution in [1.82, 2.24) is 9.80 Å². The molecule has 0 atom stereocenters. The topological polar surface area (TPSA) is 62.3 Å². The molecular weight excluding hydrogens is 406 g/mol. The zero-order chi connectivity index (χ0) is 22.7. The Labute approximate surface area is 188 Å². The number of anilines is 1. The number of benzene rings is 2. The number of rotatable bonds is 7. The van der Waals surface area contributed by atoms with E-state index in [0.717, 1.165) is 18.8 Å². The molecule has 0 unspecified atom stereocenters. The third-order valence-electron chi connectivity index (χ3n) is 5.74. The van der Waals surface area contributed by atoms with Gasteiger partial charge in [0.15, 0.2) is 0 Å². The van der Waals surface area contributed by atoms with E-state index in [2.05, 4.69) is 11.9 Å². The normalized spacial score (nSPS) is 17.3. The highest BCUT2D eigenvalue weighted by Crippen LogP contribution is 2.39. The van der Waals surface area contributed by atoms with Gasteiger partial charge in [-0.3, -0.25) is 9.59 Å². The third-order valence-corrected chi connectivity index (χ3v) is 5.74. The number of ether oxygens (including phenoxy) is 2. The molecule has 1 saturated heterocycles. The van der Waals surface area contributed by atoms with Gasteiger partial charge >= 0.3 is 0 Å². The van der Waals surface area contributed by atoms with Crippen LogP contribution in [0, 0.1) is 0 Å². The first kappa shape index (κ1) is 21.9. The quantitative estimate of drug-likeness (QED) is 0.623. The predicted molar refractivity (Wildman–Crippen MR) is 124 cm³/mol. The standard InChI is InChI=1S/C25H29N3O4/c1-4-31-19-12-10-18(11-13-19)22-23(27-16-14-26(3)15-17-27)25(30)28(24(22)29)20-8-6-7-9-21(20)32-5-2/h6-13H,4-5,14-17H2,1-3H3. The van der Waals surface area contributed by atoms with Crippen LogP contribution in [0.4, 0.5) is 5.69 Å². The minimum absolute atomic E-state index is 0.310. The molecule has 7 nitrogen and oxygen atoms in total. The van der Waals surface area contributed by atoms with Crippen LogP contribution in [0.5, 0.6) is 11.5 Å². The number of para-hydroxylation sites is 2. The highest BCUT2D eigenvalue weighted by molar-refractivity contribution is 6.45. The van der Waals surface area contributed by atoms with Crippen molar-refractivity contribution in [3.05, 3.63) is 59.8 Å². The van der Waals surface area contributed by atoms with Crippen molar-refractivity contribution in [3.63, 3.8) is 0 Å².